The van der Waals surface area contributed by atoms with Crippen molar-refractivity contribution in [1.29, 1.82) is 0 Å². The molecule has 16 heavy (non-hydrogen) atoms. The second-order valence-electron chi connectivity index (χ2n) is 4.22. The van der Waals surface area contributed by atoms with Gasteiger partial charge < -0.3 is 10.2 Å². The van der Waals surface area contributed by atoms with Crippen molar-refractivity contribution < 1.29 is 4.42 Å². The molecule has 1 aromatic carbocycles. The number of furan rings is 1. The molecule has 0 aliphatic carbocycles. The van der Waals surface area contributed by atoms with Crippen LogP contribution in [-0.4, -0.2) is 0 Å². The molecule has 0 radical (unpaired) electrons. The van der Waals surface area contributed by atoms with Crippen LogP contribution in [0.3, 0.4) is 0 Å². The lowest BCUT2D eigenvalue weighted by Gasteiger charge is -2.15. The monoisotopic (exact) mass is 281 g/mol. The minimum atomic E-state index is -0.0238. The van der Waals surface area contributed by atoms with E-state index < -0.39 is 0 Å². The zero-order valence-electron chi connectivity index (χ0n) is 9.53. The second kappa shape index (κ2) is 4.60. The summed E-state index contributed by atoms with van der Waals surface area (Å²) in [4.78, 5) is 0. The highest BCUT2D eigenvalue weighted by molar-refractivity contribution is 9.10. The molecule has 0 aliphatic heterocycles. The van der Waals surface area contributed by atoms with Crippen LogP contribution in [0.5, 0.6) is 0 Å². The van der Waals surface area contributed by atoms with Crippen LogP contribution < -0.4 is 5.73 Å². The standard InChI is InChI=1S/C13H16BrNO/c1-3-8(2)12(15)11-7-9-5-4-6-10(14)13(9)16-11/h4-8,12H,3,15H2,1-2H3. The van der Waals surface area contributed by atoms with Gasteiger partial charge in [-0.2, -0.15) is 0 Å². The van der Waals surface area contributed by atoms with Gasteiger partial charge in [-0.15, -0.1) is 0 Å². The quantitative estimate of drug-likeness (QED) is 0.914. The molecule has 0 fully saturated rings. The molecular formula is C13H16BrNO. The van der Waals surface area contributed by atoms with Crippen molar-refractivity contribution in [3.05, 3.63) is 34.5 Å². The van der Waals surface area contributed by atoms with E-state index in [1.807, 2.05) is 24.3 Å². The van der Waals surface area contributed by atoms with Gasteiger partial charge in [0.1, 0.15) is 11.3 Å². The van der Waals surface area contributed by atoms with Gasteiger partial charge >= 0.3 is 0 Å². The Balaban J connectivity index is 2.43. The fourth-order valence-electron chi connectivity index (χ4n) is 1.75. The number of nitrogens with two attached hydrogens (primary N) is 1. The maximum atomic E-state index is 6.15. The van der Waals surface area contributed by atoms with E-state index in [1.54, 1.807) is 0 Å². The Morgan fingerprint density at radius 3 is 2.81 bits per heavy atom. The number of hydrogen-bond donors (Lipinski definition) is 1. The Hall–Kier alpha value is -0.800. The molecule has 2 unspecified atom stereocenters. The summed E-state index contributed by atoms with van der Waals surface area (Å²) in [7, 11) is 0. The van der Waals surface area contributed by atoms with E-state index in [0.29, 0.717) is 5.92 Å². The highest BCUT2D eigenvalue weighted by Crippen LogP contribution is 2.31. The second-order valence-corrected chi connectivity index (χ2v) is 5.07. The summed E-state index contributed by atoms with van der Waals surface area (Å²) in [6.45, 7) is 4.29. The Kier molecular flexibility index (Phi) is 3.36. The lowest BCUT2D eigenvalue weighted by molar-refractivity contribution is 0.388. The third-order valence-corrected chi connectivity index (χ3v) is 3.73. The minimum Gasteiger partial charge on any atom is -0.458 e. The fourth-order valence-corrected chi connectivity index (χ4v) is 2.21. The Morgan fingerprint density at radius 1 is 1.44 bits per heavy atom. The molecule has 2 rings (SSSR count). The summed E-state index contributed by atoms with van der Waals surface area (Å²) in [5, 5.41) is 1.10. The van der Waals surface area contributed by atoms with Crippen molar-refractivity contribution in [1.82, 2.24) is 0 Å². The van der Waals surface area contributed by atoms with Gasteiger partial charge in [-0.1, -0.05) is 32.4 Å². The first-order chi connectivity index (χ1) is 7.63. The van der Waals surface area contributed by atoms with Crippen molar-refractivity contribution in [3.63, 3.8) is 0 Å². The van der Waals surface area contributed by atoms with Crippen LogP contribution in [0.25, 0.3) is 11.0 Å². The predicted octanol–water partition coefficient (Wildman–Crippen LogP) is 4.24. The first-order valence-electron chi connectivity index (χ1n) is 5.57. The van der Waals surface area contributed by atoms with Crippen molar-refractivity contribution in [2.24, 2.45) is 11.7 Å². The third kappa shape index (κ3) is 2.02. The van der Waals surface area contributed by atoms with E-state index >= 15 is 0 Å². The average molecular weight is 282 g/mol. The largest absolute Gasteiger partial charge is 0.458 e. The van der Waals surface area contributed by atoms with Crippen LogP contribution >= 0.6 is 15.9 Å². The molecule has 2 aromatic rings. The normalized spacial score (nSPS) is 15.2. The summed E-state index contributed by atoms with van der Waals surface area (Å²) in [5.41, 5.74) is 7.04. The molecular weight excluding hydrogens is 266 g/mol. The van der Waals surface area contributed by atoms with Crippen molar-refractivity contribution in [2.75, 3.05) is 0 Å². The molecule has 0 bridgehead atoms. The molecule has 2 N–H and O–H groups in total. The van der Waals surface area contributed by atoms with Crippen molar-refractivity contribution >= 4 is 26.9 Å². The summed E-state index contributed by atoms with van der Waals surface area (Å²) >= 11 is 3.48. The minimum absolute atomic E-state index is 0.0238. The van der Waals surface area contributed by atoms with Gasteiger partial charge in [0.15, 0.2) is 0 Å². The molecule has 0 spiro atoms. The van der Waals surface area contributed by atoms with Crippen LogP contribution in [0.15, 0.2) is 33.2 Å². The number of para-hydroxylation sites is 1. The van der Waals surface area contributed by atoms with Gasteiger partial charge in [0, 0.05) is 5.39 Å². The van der Waals surface area contributed by atoms with E-state index in [1.165, 1.54) is 0 Å². The first kappa shape index (κ1) is 11.7. The van der Waals surface area contributed by atoms with Crippen LogP contribution in [0.4, 0.5) is 0 Å². The molecule has 0 amide bonds. The number of benzene rings is 1. The van der Waals surface area contributed by atoms with Gasteiger partial charge in [-0.3, -0.25) is 0 Å². The molecule has 86 valence electrons. The van der Waals surface area contributed by atoms with Crippen LogP contribution in [0.2, 0.25) is 0 Å². The van der Waals surface area contributed by atoms with Crippen LogP contribution in [0.1, 0.15) is 32.1 Å². The SMILES string of the molecule is CCC(C)C(N)c1cc2cccc(Br)c2o1. The highest BCUT2D eigenvalue weighted by Gasteiger charge is 2.18. The zero-order chi connectivity index (χ0) is 11.7. The zero-order valence-corrected chi connectivity index (χ0v) is 11.1. The topological polar surface area (TPSA) is 39.2 Å². The van der Waals surface area contributed by atoms with Gasteiger partial charge in [0.05, 0.1) is 10.5 Å². The third-order valence-electron chi connectivity index (χ3n) is 3.10. The molecule has 3 heteroatoms. The summed E-state index contributed by atoms with van der Waals surface area (Å²) in [6.07, 6.45) is 1.05. The fraction of sp³-hybridized carbons (Fsp3) is 0.385. The van der Waals surface area contributed by atoms with E-state index in [9.17, 15) is 0 Å². The van der Waals surface area contributed by atoms with Crippen molar-refractivity contribution in [2.45, 2.75) is 26.3 Å². The van der Waals surface area contributed by atoms with Gasteiger partial charge in [-0.25, -0.2) is 0 Å². The molecule has 0 saturated carbocycles. The van der Waals surface area contributed by atoms with Crippen LogP contribution in [-0.2, 0) is 0 Å². The van der Waals surface area contributed by atoms with Crippen LogP contribution in [0, 0.1) is 5.92 Å². The smallest absolute Gasteiger partial charge is 0.148 e. The Labute approximate surface area is 104 Å². The van der Waals surface area contributed by atoms with E-state index in [2.05, 4.69) is 29.8 Å². The number of halogens is 1. The summed E-state index contributed by atoms with van der Waals surface area (Å²) in [6, 6.07) is 8.03. The molecule has 0 aliphatic rings. The van der Waals surface area contributed by atoms with E-state index in [-0.39, 0.29) is 6.04 Å². The molecule has 2 atom stereocenters. The number of rotatable bonds is 3. The van der Waals surface area contributed by atoms with E-state index in [4.69, 9.17) is 10.2 Å². The lowest BCUT2D eigenvalue weighted by atomic mass is 9.98. The average Bonchev–Trinajstić information content (AvgIpc) is 2.72. The Bertz CT molecular complexity index is 492. The summed E-state index contributed by atoms with van der Waals surface area (Å²) < 4.78 is 6.79. The molecule has 2 nitrogen and oxygen atoms in total. The number of fused-ring (bicyclic) bond motifs is 1. The number of hydrogen-bond acceptors (Lipinski definition) is 2. The Morgan fingerprint density at radius 2 is 2.19 bits per heavy atom. The summed E-state index contributed by atoms with van der Waals surface area (Å²) in [5.74, 6) is 1.30. The molecule has 1 aromatic heterocycles. The van der Waals surface area contributed by atoms with Gasteiger partial charge in [-0.05, 0) is 34.0 Å². The maximum absolute atomic E-state index is 6.15. The van der Waals surface area contributed by atoms with E-state index in [0.717, 1.165) is 27.6 Å². The molecule has 1 heterocycles. The first-order valence-corrected chi connectivity index (χ1v) is 6.36. The predicted molar refractivity (Wildman–Crippen MR) is 70.3 cm³/mol. The van der Waals surface area contributed by atoms with Gasteiger partial charge in [0.2, 0.25) is 0 Å². The van der Waals surface area contributed by atoms with Crippen molar-refractivity contribution in [3.8, 4) is 0 Å². The van der Waals surface area contributed by atoms with Gasteiger partial charge in [0.25, 0.3) is 0 Å². The maximum Gasteiger partial charge on any atom is 0.148 e. The molecule has 0 saturated heterocycles. The lowest BCUT2D eigenvalue weighted by Crippen LogP contribution is -2.17. The highest BCUT2D eigenvalue weighted by atomic mass is 79.9.